The molecule has 0 amide bonds. The van der Waals surface area contributed by atoms with Crippen LogP contribution in [-0.4, -0.2) is 17.5 Å². The third-order valence-electron chi connectivity index (χ3n) is 0.871. The lowest BCUT2D eigenvalue weighted by molar-refractivity contribution is 0.409. The summed E-state index contributed by atoms with van der Waals surface area (Å²) in [6, 6.07) is 0. The van der Waals surface area contributed by atoms with Crippen LogP contribution in [0.15, 0.2) is 0 Å². The highest BCUT2D eigenvalue weighted by Gasteiger charge is 2.26. The number of epoxide rings is 1. The van der Waals surface area contributed by atoms with Crippen molar-refractivity contribution in [3.8, 4) is 0 Å². The zero-order chi connectivity index (χ0) is 4.57. The average Bonchev–Trinajstić information content (AvgIpc) is 2.06. The van der Waals surface area contributed by atoms with Crippen molar-refractivity contribution in [2.75, 3.05) is 6.61 Å². The van der Waals surface area contributed by atoms with E-state index in [1.165, 1.54) is 0 Å². The van der Waals surface area contributed by atoms with E-state index in [2.05, 4.69) is 22.9 Å². The van der Waals surface area contributed by atoms with Crippen molar-refractivity contribution in [3.05, 3.63) is 0 Å². The SMILES string of the molecule is CC(Br)[C@H]1CO1. The van der Waals surface area contributed by atoms with E-state index in [1.807, 2.05) is 0 Å². The Labute approximate surface area is 45.8 Å². The number of halogens is 1. The summed E-state index contributed by atoms with van der Waals surface area (Å²) in [5.41, 5.74) is 0. The van der Waals surface area contributed by atoms with Crippen LogP contribution in [-0.2, 0) is 4.74 Å². The van der Waals surface area contributed by atoms with Gasteiger partial charge in [0.15, 0.2) is 0 Å². The molecule has 0 bridgehead atoms. The minimum Gasteiger partial charge on any atom is -0.372 e. The van der Waals surface area contributed by atoms with E-state index in [9.17, 15) is 0 Å². The second-order valence-corrected chi connectivity index (χ2v) is 2.99. The summed E-state index contributed by atoms with van der Waals surface area (Å²) in [6.45, 7) is 3.05. The molecule has 0 saturated carbocycles. The summed E-state index contributed by atoms with van der Waals surface area (Å²) in [7, 11) is 0. The van der Waals surface area contributed by atoms with Gasteiger partial charge in [-0.1, -0.05) is 22.9 Å². The first-order chi connectivity index (χ1) is 2.80. The van der Waals surface area contributed by atoms with Gasteiger partial charge in [-0.25, -0.2) is 0 Å². The van der Waals surface area contributed by atoms with Crippen LogP contribution in [0.5, 0.6) is 0 Å². The molecule has 1 aliphatic rings. The Morgan fingerprint density at radius 3 is 2.50 bits per heavy atom. The van der Waals surface area contributed by atoms with E-state index < -0.39 is 0 Å². The van der Waals surface area contributed by atoms with Gasteiger partial charge in [-0.05, 0) is 0 Å². The van der Waals surface area contributed by atoms with E-state index in [1.54, 1.807) is 0 Å². The number of hydrogen-bond donors (Lipinski definition) is 0. The molecule has 1 fully saturated rings. The highest BCUT2D eigenvalue weighted by Crippen LogP contribution is 2.19. The first-order valence-corrected chi connectivity index (χ1v) is 2.98. The van der Waals surface area contributed by atoms with E-state index in [0.717, 1.165) is 6.61 Å². The minimum atomic E-state index is 0.519. The maximum atomic E-state index is 4.92. The van der Waals surface area contributed by atoms with Gasteiger partial charge in [-0.2, -0.15) is 0 Å². The number of hydrogen-bond acceptors (Lipinski definition) is 1. The first-order valence-electron chi connectivity index (χ1n) is 2.06. The molecule has 0 aromatic carbocycles. The second-order valence-electron chi connectivity index (χ2n) is 1.55. The Balaban J connectivity index is 2.13. The molecular weight excluding hydrogens is 144 g/mol. The van der Waals surface area contributed by atoms with Gasteiger partial charge in [0.2, 0.25) is 0 Å². The van der Waals surface area contributed by atoms with E-state index >= 15 is 0 Å². The van der Waals surface area contributed by atoms with Crippen LogP contribution in [0.2, 0.25) is 0 Å². The number of ether oxygens (including phenoxy) is 1. The van der Waals surface area contributed by atoms with Gasteiger partial charge in [-0.15, -0.1) is 0 Å². The van der Waals surface area contributed by atoms with Crippen LogP contribution in [0.25, 0.3) is 0 Å². The highest BCUT2D eigenvalue weighted by molar-refractivity contribution is 9.09. The fraction of sp³-hybridized carbons (Fsp3) is 1.00. The standard InChI is InChI=1S/C4H7BrO/c1-3(5)4-2-6-4/h3-4H,2H2,1H3/t3?,4-/m1/s1. The summed E-state index contributed by atoms with van der Waals surface area (Å²) in [4.78, 5) is 0.553. The van der Waals surface area contributed by atoms with Crippen LogP contribution in [0.1, 0.15) is 6.92 Å². The van der Waals surface area contributed by atoms with Crippen LogP contribution < -0.4 is 0 Å². The molecule has 0 aromatic heterocycles. The van der Waals surface area contributed by atoms with Gasteiger partial charge >= 0.3 is 0 Å². The quantitative estimate of drug-likeness (QED) is 0.404. The zero-order valence-electron chi connectivity index (χ0n) is 3.65. The van der Waals surface area contributed by atoms with Crippen molar-refractivity contribution in [3.63, 3.8) is 0 Å². The topological polar surface area (TPSA) is 12.5 Å². The molecule has 1 rings (SSSR count). The molecule has 0 radical (unpaired) electrons. The van der Waals surface area contributed by atoms with E-state index in [0.29, 0.717) is 10.9 Å². The minimum absolute atomic E-state index is 0.519. The maximum Gasteiger partial charge on any atom is 0.0931 e. The van der Waals surface area contributed by atoms with Crippen molar-refractivity contribution in [1.82, 2.24) is 0 Å². The normalized spacial score (nSPS) is 36.0. The third kappa shape index (κ3) is 0.949. The van der Waals surface area contributed by atoms with Crippen LogP contribution in [0, 0.1) is 0 Å². The maximum absolute atomic E-state index is 4.92. The Morgan fingerprint density at radius 1 is 2.00 bits per heavy atom. The molecule has 0 N–H and O–H groups in total. The Kier molecular flexibility index (Phi) is 1.15. The summed E-state index contributed by atoms with van der Waals surface area (Å²) in [5.74, 6) is 0. The summed E-state index contributed by atoms with van der Waals surface area (Å²) in [6.07, 6.45) is 0.519. The molecule has 36 valence electrons. The zero-order valence-corrected chi connectivity index (χ0v) is 5.23. The molecule has 6 heavy (non-hydrogen) atoms. The van der Waals surface area contributed by atoms with E-state index in [4.69, 9.17) is 4.74 Å². The summed E-state index contributed by atoms with van der Waals surface area (Å²) < 4.78 is 4.92. The second kappa shape index (κ2) is 1.51. The summed E-state index contributed by atoms with van der Waals surface area (Å²) in [5, 5.41) is 0. The Hall–Kier alpha value is 0.440. The molecular formula is C4H7BrO. The van der Waals surface area contributed by atoms with Gasteiger partial charge < -0.3 is 4.74 Å². The largest absolute Gasteiger partial charge is 0.372 e. The van der Waals surface area contributed by atoms with Crippen molar-refractivity contribution in [2.24, 2.45) is 0 Å². The Morgan fingerprint density at radius 2 is 2.50 bits per heavy atom. The number of rotatable bonds is 1. The molecule has 1 saturated heterocycles. The predicted octanol–water partition coefficient (Wildman–Crippen LogP) is 1.17. The van der Waals surface area contributed by atoms with Gasteiger partial charge in [0.05, 0.1) is 12.7 Å². The van der Waals surface area contributed by atoms with Gasteiger partial charge in [0, 0.05) is 4.83 Å². The molecule has 1 unspecified atom stereocenters. The third-order valence-corrected chi connectivity index (χ3v) is 1.46. The van der Waals surface area contributed by atoms with Crippen molar-refractivity contribution in [1.29, 1.82) is 0 Å². The lowest BCUT2D eigenvalue weighted by atomic mass is 10.4. The van der Waals surface area contributed by atoms with Gasteiger partial charge in [0.1, 0.15) is 0 Å². The molecule has 0 spiro atoms. The van der Waals surface area contributed by atoms with Crippen LogP contribution in [0.4, 0.5) is 0 Å². The predicted molar refractivity (Wildman–Crippen MR) is 28.1 cm³/mol. The lowest BCUT2D eigenvalue weighted by Crippen LogP contribution is -1.97. The molecule has 1 heterocycles. The molecule has 0 aliphatic carbocycles. The fourth-order valence-corrected chi connectivity index (χ4v) is 0.626. The molecule has 1 nitrogen and oxygen atoms in total. The summed E-state index contributed by atoms with van der Waals surface area (Å²) >= 11 is 3.38. The van der Waals surface area contributed by atoms with E-state index in [-0.39, 0.29) is 0 Å². The first kappa shape index (κ1) is 4.60. The van der Waals surface area contributed by atoms with Crippen LogP contribution in [0.3, 0.4) is 0 Å². The number of alkyl halides is 1. The van der Waals surface area contributed by atoms with Gasteiger partial charge in [-0.3, -0.25) is 0 Å². The molecule has 2 heteroatoms. The molecule has 2 atom stereocenters. The smallest absolute Gasteiger partial charge is 0.0931 e. The van der Waals surface area contributed by atoms with Crippen molar-refractivity contribution < 1.29 is 4.74 Å². The average molecular weight is 151 g/mol. The van der Waals surface area contributed by atoms with Gasteiger partial charge in [0.25, 0.3) is 0 Å². The van der Waals surface area contributed by atoms with Crippen molar-refractivity contribution >= 4 is 15.9 Å². The fourth-order valence-electron chi connectivity index (χ4n) is 0.321. The van der Waals surface area contributed by atoms with Crippen molar-refractivity contribution in [2.45, 2.75) is 17.9 Å². The van der Waals surface area contributed by atoms with Crippen LogP contribution >= 0.6 is 15.9 Å². The molecule has 0 aromatic rings. The monoisotopic (exact) mass is 150 g/mol. The highest BCUT2D eigenvalue weighted by atomic mass is 79.9. The molecule has 1 aliphatic heterocycles. The Bertz CT molecular complexity index is 49.5. The lowest BCUT2D eigenvalue weighted by Gasteiger charge is -1.88.